The standard InChI is InChI=1S/C21H26O7/c22-14-27-19-17(13-25-11-15-7-3-1-4-8-15)28-21(24)18(23)20(19)26-12-16-9-5-2-6-10-16/h1-10,17-24H,11-14H2. The number of aliphatic hydroxyl groups excluding tert-OH is 3. The number of rotatable bonds is 9. The van der Waals surface area contributed by atoms with E-state index < -0.39 is 37.5 Å². The van der Waals surface area contributed by atoms with Gasteiger partial charge in [-0.3, -0.25) is 0 Å². The van der Waals surface area contributed by atoms with Crippen LogP contribution >= 0.6 is 0 Å². The van der Waals surface area contributed by atoms with Crippen molar-refractivity contribution >= 4 is 0 Å². The van der Waals surface area contributed by atoms with E-state index in [4.69, 9.17) is 18.9 Å². The molecule has 2 aromatic carbocycles. The summed E-state index contributed by atoms with van der Waals surface area (Å²) in [7, 11) is 0. The Morgan fingerprint density at radius 3 is 2.00 bits per heavy atom. The van der Waals surface area contributed by atoms with E-state index >= 15 is 0 Å². The summed E-state index contributed by atoms with van der Waals surface area (Å²) in [5, 5.41) is 29.7. The van der Waals surface area contributed by atoms with Gasteiger partial charge in [0.05, 0.1) is 19.8 Å². The van der Waals surface area contributed by atoms with Crippen LogP contribution in [0.2, 0.25) is 0 Å². The Hall–Kier alpha value is -1.84. The second-order valence-electron chi connectivity index (χ2n) is 6.58. The average Bonchev–Trinajstić information content (AvgIpc) is 2.73. The largest absolute Gasteiger partial charge is 0.385 e. The Labute approximate surface area is 164 Å². The molecule has 152 valence electrons. The van der Waals surface area contributed by atoms with Gasteiger partial charge in [0.1, 0.15) is 31.2 Å². The quantitative estimate of drug-likeness (QED) is 0.554. The number of hydrogen-bond acceptors (Lipinski definition) is 7. The van der Waals surface area contributed by atoms with E-state index in [1.165, 1.54) is 0 Å². The molecule has 0 amide bonds. The summed E-state index contributed by atoms with van der Waals surface area (Å²) in [6.45, 7) is 0.116. The second kappa shape index (κ2) is 10.6. The minimum Gasteiger partial charge on any atom is -0.385 e. The molecule has 5 unspecified atom stereocenters. The van der Waals surface area contributed by atoms with Gasteiger partial charge in [-0.1, -0.05) is 60.7 Å². The molecule has 0 bridgehead atoms. The Balaban J connectivity index is 1.63. The van der Waals surface area contributed by atoms with E-state index in [0.29, 0.717) is 6.61 Å². The fourth-order valence-electron chi connectivity index (χ4n) is 3.15. The summed E-state index contributed by atoms with van der Waals surface area (Å²) in [5.74, 6) is 0. The zero-order valence-corrected chi connectivity index (χ0v) is 15.5. The summed E-state index contributed by atoms with van der Waals surface area (Å²) in [6, 6.07) is 19.1. The molecule has 2 aromatic rings. The van der Waals surface area contributed by atoms with Crippen molar-refractivity contribution in [1.29, 1.82) is 0 Å². The van der Waals surface area contributed by atoms with Gasteiger partial charge in [0.2, 0.25) is 0 Å². The topological polar surface area (TPSA) is 97.6 Å². The second-order valence-corrected chi connectivity index (χ2v) is 6.58. The average molecular weight is 390 g/mol. The van der Waals surface area contributed by atoms with Crippen LogP contribution in [0.5, 0.6) is 0 Å². The van der Waals surface area contributed by atoms with E-state index in [-0.39, 0.29) is 13.2 Å². The SMILES string of the molecule is OCOC1C(COCc2ccccc2)OC(O)C(O)C1OCc1ccccc1. The van der Waals surface area contributed by atoms with E-state index in [1.807, 2.05) is 60.7 Å². The van der Waals surface area contributed by atoms with Crippen molar-refractivity contribution in [1.82, 2.24) is 0 Å². The monoisotopic (exact) mass is 390 g/mol. The molecule has 0 saturated carbocycles. The molecule has 1 heterocycles. The van der Waals surface area contributed by atoms with Gasteiger partial charge in [-0.2, -0.15) is 0 Å². The predicted molar refractivity (Wildman–Crippen MR) is 100.0 cm³/mol. The number of ether oxygens (including phenoxy) is 4. The first kappa shape index (κ1) is 20.9. The highest BCUT2D eigenvalue weighted by Gasteiger charge is 2.46. The molecule has 28 heavy (non-hydrogen) atoms. The minimum absolute atomic E-state index is 0.106. The zero-order chi connectivity index (χ0) is 19.8. The van der Waals surface area contributed by atoms with Crippen molar-refractivity contribution in [2.45, 2.75) is 43.9 Å². The molecule has 0 radical (unpaired) electrons. The lowest BCUT2D eigenvalue weighted by molar-refractivity contribution is -0.312. The van der Waals surface area contributed by atoms with Gasteiger partial charge >= 0.3 is 0 Å². The molecule has 1 aliphatic rings. The molecule has 1 fully saturated rings. The van der Waals surface area contributed by atoms with E-state index in [2.05, 4.69) is 0 Å². The molecule has 7 heteroatoms. The summed E-state index contributed by atoms with van der Waals surface area (Å²) in [4.78, 5) is 0. The van der Waals surface area contributed by atoms with Crippen LogP contribution in [-0.4, -0.2) is 59.4 Å². The van der Waals surface area contributed by atoms with Crippen molar-refractivity contribution < 1.29 is 34.3 Å². The van der Waals surface area contributed by atoms with Gasteiger partial charge in [0.25, 0.3) is 0 Å². The van der Waals surface area contributed by atoms with Gasteiger partial charge in [-0.25, -0.2) is 0 Å². The van der Waals surface area contributed by atoms with Crippen molar-refractivity contribution in [3.05, 3.63) is 71.8 Å². The third-order valence-corrected chi connectivity index (χ3v) is 4.58. The lowest BCUT2D eigenvalue weighted by Crippen LogP contribution is -2.60. The van der Waals surface area contributed by atoms with Crippen LogP contribution in [0.1, 0.15) is 11.1 Å². The summed E-state index contributed by atoms with van der Waals surface area (Å²) >= 11 is 0. The van der Waals surface area contributed by atoms with Crippen molar-refractivity contribution in [2.75, 3.05) is 13.4 Å². The molecule has 1 aliphatic heterocycles. The molecule has 3 N–H and O–H groups in total. The lowest BCUT2D eigenvalue weighted by atomic mass is 9.98. The first-order valence-corrected chi connectivity index (χ1v) is 9.20. The van der Waals surface area contributed by atoms with Crippen LogP contribution in [0.15, 0.2) is 60.7 Å². The summed E-state index contributed by atoms with van der Waals surface area (Å²) in [5.41, 5.74) is 1.91. The molecular formula is C21H26O7. The third-order valence-electron chi connectivity index (χ3n) is 4.58. The smallest absolute Gasteiger partial charge is 0.184 e. The van der Waals surface area contributed by atoms with Crippen LogP contribution in [0, 0.1) is 0 Å². The molecule has 3 rings (SSSR count). The minimum atomic E-state index is -1.44. The van der Waals surface area contributed by atoms with Gasteiger partial charge in [-0.15, -0.1) is 0 Å². The maximum Gasteiger partial charge on any atom is 0.184 e. The van der Waals surface area contributed by atoms with Crippen LogP contribution in [0.25, 0.3) is 0 Å². The zero-order valence-electron chi connectivity index (χ0n) is 15.5. The molecule has 0 aromatic heterocycles. The van der Waals surface area contributed by atoms with Crippen molar-refractivity contribution in [2.24, 2.45) is 0 Å². The highest BCUT2D eigenvalue weighted by molar-refractivity contribution is 5.14. The first-order valence-electron chi connectivity index (χ1n) is 9.20. The van der Waals surface area contributed by atoms with E-state index in [9.17, 15) is 15.3 Å². The highest BCUT2D eigenvalue weighted by atomic mass is 16.7. The van der Waals surface area contributed by atoms with Crippen molar-refractivity contribution in [3.8, 4) is 0 Å². The Morgan fingerprint density at radius 2 is 1.39 bits per heavy atom. The predicted octanol–water partition coefficient (Wildman–Crippen LogP) is 1.20. The summed E-state index contributed by atoms with van der Waals surface area (Å²) in [6.07, 6.45) is -5.16. The molecule has 7 nitrogen and oxygen atoms in total. The highest BCUT2D eigenvalue weighted by Crippen LogP contribution is 2.26. The Morgan fingerprint density at radius 1 is 0.786 bits per heavy atom. The van der Waals surface area contributed by atoms with Crippen LogP contribution < -0.4 is 0 Å². The van der Waals surface area contributed by atoms with Crippen LogP contribution in [-0.2, 0) is 32.2 Å². The van der Waals surface area contributed by atoms with Gasteiger partial charge in [0, 0.05) is 0 Å². The molecule has 1 saturated heterocycles. The fourth-order valence-corrected chi connectivity index (χ4v) is 3.15. The normalized spacial score (nSPS) is 27.6. The first-order chi connectivity index (χ1) is 13.7. The lowest BCUT2D eigenvalue weighted by Gasteiger charge is -2.42. The molecule has 0 aliphatic carbocycles. The number of hydrogen-bond donors (Lipinski definition) is 3. The number of benzene rings is 2. The van der Waals surface area contributed by atoms with Crippen LogP contribution in [0.4, 0.5) is 0 Å². The van der Waals surface area contributed by atoms with Crippen LogP contribution in [0.3, 0.4) is 0 Å². The Bertz CT molecular complexity index is 682. The van der Waals surface area contributed by atoms with E-state index in [0.717, 1.165) is 11.1 Å². The maximum absolute atomic E-state index is 10.3. The van der Waals surface area contributed by atoms with Gasteiger partial charge in [0.15, 0.2) is 6.29 Å². The maximum atomic E-state index is 10.3. The van der Waals surface area contributed by atoms with Crippen molar-refractivity contribution in [3.63, 3.8) is 0 Å². The molecule has 0 spiro atoms. The van der Waals surface area contributed by atoms with E-state index in [1.54, 1.807) is 0 Å². The molecular weight excluding hydrogens is 364 g/mol. The fraction of sp³-hybridized carbons (Fsp3) is 0.429. The van der Waals surface area contributed by atoms with Gasteiger partial charge in [-0.05, 0) is 11.1 Å². The third kappa shape index (κ3) is 5.59. The molecule has 5 atom stereocenters. The Kier molecular flexibility index (Phi) is 7.93. The summed E-state index contributed by atoms with van der Waals surface area (Å²) < 4.78 is 22.3. The van der Waals surface area contributed by atoms with Gasteiger partial charge < -0.3 is 34.3 Å². The number of aliphatic hydroxyl groups is 3.